The summed E-state index contributed by atoms with van der Waals surface area (Å²) in [4.78, 5) is 12.1. The minimum absolute atomic E-state index is 0.209. The Balaban J connectivity index is 1.45. The van der Waals surface area contributed by atoms with Crippen LogP contribution in [-0.2, 0) is 6.42 Å². The van der Waals surface area contributed by atoms with Crippen molar-refractivity contribution in [1.29, 1.82) is 5.26 Å². The fourth-order valence-electron chi connectivity index (χ4n) is 3.45. The molecule has 0 bridgehead atoms. The van der Waals surface area contributed by atoms with Crippen molar-refractivity contribution in [3.8, 4) is 6.07 Å². The summed E-state index contributed by atoms with van der Waals surface area (Å²) in [6, 6.07) is 15.5. The number of hydrogen-bond acceptors (Lipinski definition) is 3. The van der Waals surface area contributed by atoms with Crippen molar-refractivity contribution in [3.05, 3.63) is 65.5 Å². The van der Waals surface area contributed by atoms with Gasteiger partial charge in [-0.2, -0.15) is 5.26 Å². The number of nitriles is 1. The highest BCUT2D eigenvalue weighted by molar-refractivity contribution is 5.89. The van der Waals surface area contributed by atoms with Crippen molar-refractivity contribution in [2.45, 2.75) is 25.3 Å². The topological polar surface area (TPSA) is 77.0 Å². The average Bonchev–Trinajstić information content (AvgIpc) is 2.69. The number of carbonyl (C=O) groups is 1. The predicted molar refractivity (Wildman–Crippen MR) is 103 cm³/mol. The van der Waals surface area contributed by atoms with Crippen LogP contribution in [0.5, 0.6) is 0 Å². The number of anilines is 1. The van der Waals surface area contributed by atoms with Gasteiger partial charge in [-0.05, 0) is 67.6 Å². The highest BCUT2D eigenvalue weighted by Gasteiger charge is 2.22. The lowest BCUT2D eigenvalue weighted by Gasteiger charge is -2.30. The maximum absolute atomic E-state index is 13.0. The molecule has 6 heteroatoms. The van der Waals surface area contributed by atoms with E-state index in [1.54, 1.807) is 24.3 Å². The molecule has 1 aliphatic rings. The summed E-state index contributed by atoms with van der Waals surface area (Å²) in [5.74, 6) is 0.302. The zero-order valence-corrected chi connectivity index (χ0v) is 15.0. The Labute approximate surface area is 158 Å². The first-order chi connectivity index (χ1) is 13.1. The molecule has 2 amide bonds. The van der Waals surface area contributed by atoms with Gasteiger partial charge in [-0.3, -0.25) is 0 Å². The number of nitrogens with zero attached hydrogens (tertiary/aromatic N) is 1. The Morgan fingerprint density at radius 2 is 2.07 bits per heavy atom. The number of piperidine rings is 1. The average molecular weight is 366 g/mol. The van der Waals surface area contributed by atoms with Crippen LogP contribution in [0.3, 0.4) is 0 Å². The van der Waals surface area contributed by atoms with Crippen molar-refractivity contribution >= 4 is 11.7 Å². The summed E-state index contributed by atoms with van der Waals surface area (Å²) in [5.41, 5.74) is 2.24. The van der Waals surface area contributed by atoms with Gasteiger partial charge in [-0.25, -0.2) is 9.18 Å². The number of hydrogen-bond donors (Lipinski definition) is 3. The Kier molecular flexibility index (Phi) is 6.39. The second-order valence-corrected chi connectivity index (χ2v) is 6.90. The van der Waals surface area contributed by atoms with E-state index in [1.807, 2.05) is 18.2 Å². The van der Waals surface area contributed by atoms with E-state index >= 15 is 0 Å². The molecule has 2 aromatic rings. The van der Waals surface area contributed by atoms with Crippen LogP contribution in [-0.4, -0.2) is 25.2 Å². The molecule has 140 valence electrons. The smallest absolute Gasteiger partial charge is 0.319 e. The fraction of sp³-hybridized carbons (Fsp3) is 0.333. The molecule has 2 aromatic carbocycles. The van der Waals surface area contributed by atoms with Crippen LogP contribution < -0.4 is 16.0 Å². The van der Waals surface area contributed by atoms with E-state index in [2.05, 4.69) is 16.0 Å². The summed E-state index contributed by atoms with van der Waals surface area (Å²) in [6.07, 6.45) is 2.95. The van der Waals surface area contributed by atoms with E-state index in [4.69, 9.17) is 5.26 Å². The lowest BCUT2D eigenvalue weighted by atomic mass is 9.87. The third-order valence-electron chi connectivity index (χ3n) is 4.80. The van der Waals surface area contributed by atoms with Gasteiger partial charge in [0.05, 0.1) is 11.6 Å². The molecular weight excluding hydrogens is 343 g/mol. The quantitative estimate of drug-likeness (QED) is 0.759. The molecule has 0 unspecified atom stereocenters. The van der Waals surface area contributed by atoms with Crippen LogP contribution in [0.25, 0.3) is 0 Å². The molecule has 3 N–H and O–H groups in total. The van der Waals surface area contributed by atoms with Gasteiger partial charge in [0.2, 0.25) is 0 Å². The van der Waals surface area contributed by atoms with Crippen molar-refractivity contribution in [2.75, 3.05) is 18.4 Å². The standard InChI is InChI=1S/C21H23FN4O/c22-18-6-4-15(5-7-18)10-16-8-9-24-20(11-16)14-25-21(27)26-19-3-1-2-17(12-19)13-23/h1-7,12,16,20,24H,8-11,14H2,(H2,25,26,27)/t16-,20+/m0/s1. The fourth-order valence-corrected chi connectivity index (χ4v) is 3.45. The summed E-state index contributed by atoms with van der Waals surface area (Å²) < 4.78 is 13.0. The number of urea groups is 1. The van der Waals surface area contributed by atoms with Gasteiger partial charge in [0, 0.05) is 18.3 Å². The van der Waals surface area contributed by atoms with Crippen molar-refractivity contribution in [1.82, 2.24) is 10.6 Å². The van der Waals surface area contributed by atoms with Crippen LogP contribution in [0.1, 0.15) is 24.0 Å². The molecule has 0 aromatic heterocycles. The molecule has 1 fully saturated rings. The SMILES string of the molecule is N#Cc1cccc(NC(=O)NC[C@H]2C[C@H](Cc3ccc(F)cc3)CCN2)c1. The lowest BCUT2D eigenvalue weighted by Crippen LogP contribution is -2.47. The summed E-state index contributed by atoms with van der Waals surface area (Å²) in [7, 11) is 0. The van der Waals surface area contributed by atoms with Gasteiger partial charge in [-0.15, -0.1) is 0 Å². The highest BCUT2D eigenvalue weighted by atomic mass is 19.1. The Morgan fingerprint density at radius 1 is 1.26 bits per heavy atom. The monoisotopic (exact) mass is 366 g/mol. The van der Waals surface area contributed by atoms with Crippen LogP contribution in [0.15, 0.2) is 48.5 Å². The summed E-state index contributed by atoms with van der Waals surface area (Å²) in [5, 5.41) is 18.0. The largest absolute Gasteiger partial charge is 0.336 e. The van der Waals surface area contributed by atoms with Gasteiger partial charge in [0.25, 0.3) is 0 Å². The predicted octanol–water partition coefficient (Wildman–Crippen LogP) is 3.43. The maximum Gasteiger partial charge on any atom is 0.319 e. The molecular formula is C21H23FN4O. The number of carbonyl (C=O) groups excluding carboxylic acids is 1. The minimum Gasteiger partial charge on any atom is -0.336 e. The number of halogens is 1. The first-order valence-electron chi connectivity index (χ1n) is 9.15. The van der Waals surface area contributed by atoms with Gasteiger partial charge >= 0.3 is 6.03 Å². The van der Waals surface area contributed by atoms with Crippen LogP contribution in [0.2, 0.25) is 0 Å². The second kappa shape index (κ2) is 9.15. The maximum atomic E-state index is 13.0. The normalized spacial score (nSPS) is 19.1. The molecule has 0 saturated carbocycles. The molecule has 1 aliphatic heterocycles. The molecule has 3 rings (SSSR count). The molecule has 0 aliphatic carbocycles. The summed E-state index contributed by atoms with van der Waals surface area (Å²) >= 11 is 0. The highest BCUT2D eigenvalue weighted by Crippen LogP contribution is 2.21. The Hall–Kier alpha value is -2.91. The summed E-state index contributed by atoms with van der Waals surface area (Å²) in [6.45, 7) is 1.44. The van der Waals surface area contributed by atoms with Crippen molar-refractivity contribution in [2.24, 2.45) is 5.92 Å². The first-order valence-corrected chi connectivity index (χ1v) is 9.15. The zero-order chi connectivity index (χ0) is 19.1. The molecule has 1 heterocycles. The van der Waals surface area contributed by atoms with E-state index in [0.29, 0.717) is 23.7 Å². The van der Waals surface area contributed by atoms with E-state index in [9.17, 15) is 9.18 Å². The van der Waals surface area contributed by atoms with Gasteiger partial charge < -0.3 is 16.0 Å². The third kappa shape index (κ3) is 5.80. The second-order valence-electron chi connectivity index (χ2n) is 6.90. The molecule has 27 heavy (non-hydrogen) atoms. The molecule has 2 atom stereocenters. The van der Waals surface area contributed by atoms with Crippen molar-refractivity contribution < 1.29 is 9.18 Å². The number of rotatable bonds is 5. The van der Waals surface area contributed by atoms with Crippen LogP contribution in [0.4, 0.5) is 14.9 Å². The molecule has 1 saturated heterocycles. The van der Waals surface area contributed by atoms with Gasteiger partial charge in [0.15, 0.2) is 0 Å². The minimum atomic E-state index is -0.285. The molecule has 5 nitrogen and oxygen atoms in total. The van der Waals surface area contributed by atoms with Crippen LogP contribution in [0, 0.1) is 23.1 Å². The number of amides is 2. The zero-order valence-electron chi connectivity index (χ0n) is 15.0. The first kappa shape index (κ1) is 18.9. The van der Waals surface area contributed by atoms with Gasteiger partial charge in [-0.1, -0.05) is 18.2 Å². The molecule has 0 radical (unpaired) electrons. The number of benzene rings is 2. The van der Waals surface area contributed by atoms with Crippen molar-refractivity contribution in [3.63, 3.8) is 0 Å². The molecule has 0 spiro atoms. The Bertz CT molecular complexity index is 816. The third-order valence-corrected chi connectivity index (χ3v) is 4.80. The Morgan fingerprint density at radius 3 is 2.85 bits per heavy atom. The lowest BCUT2D eigenvalue weighted by molar-refractivity contribution is 0.246. The van der Waals surface area contributed by atoms with E-state index in [-0.39, 0.29) is 17.9 Å². The van der Waals surface area contributed by atoms with E-state index in [1.165, 1.54) is 12.1 Å². The number of nitrogens with one attached hydrogen (secondary N) is 3. The van der Waals surface area contributed by atoms with E-state index in [0.717, 1.165) is 31.4 Å². The van der Waals surface area contributed by atoms with Gasteiger partial charge in [0.1, 0.15) is 5.82 Å². The van der Waals surface area contributed by atoms with Crippen LogP contribution >= 0.6 is 0 Å². The van der Waals surface area contributed by atoms with E-state index < -0.39 is 0 Å².